The fourth-order valence-corrected chi connectivity index (χ4v) is 1.03. The first-order valence-corrected chi connectivity index (χ1v) is 3.86. The van der Waals surface area contributed by atoms with Gasteiger partial charge >= 0.3 is 0 Å². The van der Waals surface area contributed by atoms with Gasteiger partial charge in [-0.15, -0.1) is 0 Å². The zero-order chi connectivity index (χ0) is 8.27. The molecule has 0 saturated heterocycles. The Morgan fingerprint density at radius 1 is 1.91 bits per heavy atom. The molecule has 0 aromatic carbocycles. The first kappa shape index (κ1) is 8.11. The average molecular weight is 155 g/mol. The molecule has 1 atom stereocenters. The van der Waals surface area contributed by atoms with Crippen molar-refractivity contribution in [3.63, 3.8) is 0 Å². The number of likely N-dealkylation sites (N-methyl/N-ethyl adjacent to an activating group) is 1. The molecular formula is C8H13NO2. The van der Waals surface area contributed by atoms with Crippen LogP contribution < -0.4 is 5.32 Å². The van der Waals surface area contributed by atoms with Crippen molar-refractivity contribution in [2.45, 2.75) is 25.9 Å². The fourth-order valence-electron chi connectivity index (χ4n) is 1.03. The van der Waals surface area contributed by atoms with Crippen molar-refractivity contribution in [2.75, 3.05) is 7.05 Å². The zero-order valence-corrected chi connectivity index (χ0v) is 6.89. The Bertz CT molecular complexity index is 187. The van der Waals surface area contributed by atoms with E-state index in [4.69, 9.17) is 4.74 Å². The van der Waals surface area contributed by atoms with Crippen molar-refractivity contribution >= 4 is 5.91 Å². The number of carbonyl (C=O) groups excluding carboxylic acids is 1. The lowest BCUT2D eigenvalue weighted by molar-refractivity contribution is -0.120. The zero-order valence-electron chi connectivity index (χ0n) is 6.89. The Kier molecular flexibility index (Phi) is 2.52. The molecule has 1 rings (SSSR count). The monoisotopic (exact) mass is 155 g/mol. The van der Waals surface area contributed by atoms with E-state index in [1.807, 2.05) is 13.0 Å². The van der Waals surface area contributed by atoms with E-state index in [2.05, 4.69) is 5.32 Å². The van der Waals surface area contributed by atoms with Crippen molar-refractivity contribution in [3.05, 3.63) is 11.8 Å². The van der Waals surface area contributed by atoms with Gasteiger partial charge in [0.2, 0.25) is 0 Å². The molecule has 1 unspecified atom stereocenters. The quantitative estimate of drug-likeness (QED) is 0.641. The van der Waals surface area contributed by atoms with Gasteiger partial charge in [0, 0.05) is 13.5 Å². The van der Waals surface area contributed by atoms with Crippen molar-refractivity contribution in [1.82, 2.24) is 5.32 Å². The van der Waals surface area contributed by atoms with E-state index in [0.717, 1.165) is 12.8 Å². The smallest absolute Gasteiger partial charge is 0.285 e. The van der Waals surface area contributed by atoms with E-state index in [9.17, 15) is 4.79 Å². The lowest BCUT2D eigenvalue weighted by Gasteiger charge is -2.08. The molecule has 3 heteroatoms. The molecule has 0 saturated carbocycles. The number of carbonyl (C=O) groups is 1. The Morgan fingerprint density at radius 2 is 2.64 bits per heavy atom. The fraction of sp³-hybridized carbons (Fsp3) is 0.625. The van der Waals surface area contributed by atoms with Gasteiger partial charge in [0.1, 0.15) is 6.10 Å². The summed E-state index contributed by atoms with van der Waals surface area (Å²) in [5.74, 6) is 0.348. The number of hydrogen-bond donors (Lipinski definition) is 1. The Hall–Kier alpha value is -0.990. The van der Waals surface area contributed by atoms with Crippen LogP contribution in [0.5, 0.6) is 0 Å². The van der Waals surface area contributed by atoms with Gasteiger partial charge in [-0.05, 0) is 12.5 Å². The van der Waals surface area contributed by atoms with Crippen LogP contribution in [-0.4, -0.2) is 19.1 Å². The minimum atomic E-state index is -0.124. The molecule has 1 N–H and O–H groups in total. The molecular weight excluding hydrogens is 142 g/mol. The highest BCUT2D eigenvalue weighted by atomic mass is 16.5. The summed E-state index contributed by atoms with van der Waals surface area (Å²) in [5.41, 5.74) is 0. The minimum Gasteiger partial charge on any atom is -0.485 e. The summed E-state index contributed by atoms with van der Waals surface area (Å²) in [4.78, 5) is 11.0. The number of hydrogen-bond acceptors (Lipinski definition) is 2. The normalized spacial score (nSPS) is 22.4. The van der Waals surface area contributed by atoms with Crippen LogP contribution in [0.1, 0.15) is 19.8 Å². The van der Waals surface area contributed by atoms with Crippen molar-refractivity contribution in [2.24, 2.45) is 0 Å². The third kappa shape index (κ3) is 1.73. The van der Waals surface area contributed by atoms with Crippen LogP contribution in [-0.2, 0) is 9.53 Å². The lowest BCUT2D eigenvalue weighted by atomic mass is 10.2. The summed E-state index contributed by atoms with van der Waals surface area (Å²) in [6, 6.07) is 0. The summed E-state index contributed by atoms with van der Waals surface area (Å²) in [6.07, 6.45) is 3.87. The maximum atomic E-state index is 11.0. The van der Waals surface area contributed by atoms with Crippen LogP contribution in [0.2, 0.25) is 0 Å². The van der Waals surface area contributed by atoms with Crippen molar-refractivity contribution < 1.29 is 9.53 Å². The summed E-state index contributed by atoms with van der Waals surface area (Å²) >= 11 is 0. The topological polar surface area (TPSA) is 38.3 Å². The highest BCUT2D eigenvalue weighted by Crippen LogP contribution is 2.18. The first-order valence-electron chi connectivity index (χ1n) is 3.86. The minimum absolute atomic E-state index is 0.124. The van der Waals surface area contributed by atoms with Gasteiger partial charge in [-0.25, -0.2) is 0 Å². The maximum Gasteiger partial charge on any atom is 0.285 e. The van der Waals surface area contributed by atoms with Gasteiger partial charge in [0.25, 0.3) is 5.91 Å². The Balaban J connectivity index is 2.45. The number of rotatable bonds is 2. The SMILES string of the molecule is CCC1CC=C(C(=O)NC)O1. The molecule has 1 heterocycles. The lowest BCUT2D eigenvalue weighted by Crippen LogP contribution is -2.21. The van der Waals surface area contributed by atoms with Crippen LogP contribution in [0.15, 0.2) is 11.8 Å². The van der Waals surface area contributed by atoms with Crippen LogP contribution >= 0.6 is 0 Å². The highest BCUT2D eigenvalue weighted by molar-refractivity contribution is 5.91. The molecule has 0 aliphatic carbocycles. The maximum absolute atomic E-state index is 11.0. The molecule has 0 bridgehead atoms. The van der Waals surface area contributed by atoms with Gasteiger partial charge in [-0.2, -0.15) is 0 Å². The van der Waals surface area contributed by atoms with E-state index in [1.54, 1.807) is 7.05 Å². The molecule has 62 valence electrons. The third-order valence-electron chi connectivity index (χ3n) is 1.77. The van der Waals surface area contributed by atoms with Gasteiger partial charge in [0.15, 0.2) is 5.76 Å². The second-order valence-corrected chi connectivity index (χ2v) is 2.53. The Labute approximate surface area is 66.4 Å². The van der Waals surface area contributed by atoms with E-state index in [0.29, 0.717) is 5.76 Å². The van der Waals surface area contributed by atoms with E-state index >= 15 is 0 Å². The second kappa shape index (κ2) is 3.42. The van der Waals surface area contributed by atoms with Crippen molar-refractivity contribution in [1.29, 1.82) is 0 Å². The summed E-state index contributed by atoms with van der Waals surface area (Å²) in [7, 11) is 1.60. The van der Waals surface area contributed by atoms with Crippen LogP contribution in [0.3, 0.4) is 0 Å². The molecule has 3 nitrogen and oxygen atoms in total. The molecule has 11 heavy (non-hydrogen) atoms. The van der Waals surface area contributed by atoms with Crippen LogP contribution in [0, 0.1) is 0 Å². The number of nitrogens with one attached hydrogen (secondary N) is 1. The number of amides is 1. The molecule has 0 fully saturated rings. The molecule has 1 amide bonds. The van der Waals surface area contributed by atoms with Gasteiger partial charge in [0.05, 0.1) is 0 Å². The summed E-state index contributed by atoms with van der Waals surface area (Å²) in [5, 5.41) is 2.52. The standard InChI is InChI=1S/C8H13NO2/c1-3-6-4-5-7(11-6)8(10)9-2/h5-6H,3-4H2,1-2H3,(H,9,10). The molecule has 0 aromatic heterocycles. The number of ether oxygens (including phenoxy) is 1. The predicted molar refractivity (Wildman–Crippen MR) is 41.9 cm³/mol. The predicted octanol–water partition coefficient (Wildman–Crippen LogP) is 0.815. The second-order valence-electron chi connectivity index (χ2n) is 2.53. The largest absolute Gasteiger partial charge is 0.485 e. The van der Waals surface area contributed by atoms with Gasteiger partial charge in [-0.3, -0.25) is 4.79 Å². The first-order chi connectivity index (χ1) is 5.27. The Morgan fingerprint density at radius 3 is 3.09 bits per heavy atom. The molecule has 0 spiro atoms. The van der Waals surface area contributed by atoms with Crippen LogP contribution in [0.25, 0.3) is 0 Å². The third-order valence-corrected chi connectivity index (χ3v) is 1.77. The van der Waals surface area contributed by atoms with E-state index < -0.39 is 0 Å². The molecule has 0 aromatic rings. The molecule has 1 aliphatic rings. The van der Waals surface area contributed by atoms with E-state index in [1.165, 1.54) is 0 Å². The average Bonchev–Trinajstić information content (AvgIpc) is 2.50. The summed E-state index contributed by atoms with van der Waals surface area (Å²) < 4.78 is 5.31. The van der Waals surface area contributed by atoms with E-state index in [-0.39, 0.29) is 12.0 Å². The van der Waals surface area contributed by atoms with Crippen LogP contribution in [0.4, 0.5) is 0 Å². The highest BCUT2D eigenvalue weighted by Gasteiger charge is 2.20. The molecule has 1 aliphatic heterocycles. The van der Waals surface area contributed by atoms with Gasteiger partial charge < -0.3 is 10.1 Å². The van der Waals surface area contributed by atoms with Crippen molar-refractivity contribution in [3.8, 4) is 0 Å². The molecule has 0 radical (unpaired) electrons. The summed E-state index contributed by atoms with van der Waals surface area (Å²) in [6.45, 7) is 2.05. The van der Waals surface area contributed by atoms with Gasteiger partial charge in [-0.1, -0.05) is 6.92 Å².